The lowest BCUT2D eigenvalue weighted by Gasteiger charge is -2.27. The molecule has 2 heteroatoms. The van der Waals surface area contributed by atoms with Crippen LogP contribution >= 0.6 is 11.6 Å². The van der Waals surface area contributed by atoms with Crippen LogP contribution in [0, 0.1) is 0 Å². The first-order valence-corrected chi connectivity index (χ1v) is 6.21. The van der Waals surface area contributed by atoms with Gasteiger partial charge in [0.15, 0.2) is 0 Å². The molecule has 1 aromatic rings. The summed E-state index contributed by atoms with van der Waals surface area (Å²) in [6.07, 6.45) is 4.85. The van der Waals surface area contributed by atoms with Crippen LogP contribution in [-0.2, 0) is 6.42 Å². The highest BCUT2D eigenvalue weighted by Crippen LogP contribution is 2.34. The van der Waals surface area contributed by atoms with E-state index in [1.807, 2.05) is 6.07 Å². The van der Waals surface area contributed by atoms with E-state index in [1.54, 1.807) is 0 Å². The molecule has 1 atom stereocenters. The van der Waals surface area contributed by atoms with Crippen molar-refractivity contribution in [3.05, 3.63) is 34.3 Å². The van der Waals surface area contributed by atoms with Gasteiger partial charge in [0.05, 0.1) is 0 Å². The number of nitrogens with one attached hydrogen (secondary N) is 1. The molecule has 15 heavy (non-hydrogen) atoms. The van der Waals surface area contributed by atoms with Crippen LogP contribution in [0.4, 0.5) is 0 Å². The van der Waals surface area contributed by atoms with Gasteiger partial charge in [-0.05, 0) is 49.4 Å². The fourth-order valence-electron chi connectivity index (χ4n) is 2.35. The second-order valence-electron chi connectivity index (χ2n) is 4.21. The van der Waals surface area contributed by atoms with Crippen LogP contribution in [0.5, 0.6) is 0 Å². The Kier molecular flexibility index (Phi) is 3.66. The van der Waals surface area contributed by atoms with Gasteiger partial charge >= 0.3 is 0 Å². The van der Waals surface area contributed by atoms with E-state index in [9.17, 15) is 0 Å². The fourth-order valence-corrected chi connectivity index (χ4v) is 2.68. The molecule has 1 aliphatic rings. The van der Waals surface area contributed by atoms with Crippen molar-refractivity contribution in [1.29, 1.82) is 0 Å². The smallest absolute Gasteiger partial charge is 0.0456 e. The number of rotatable bonds is 3. The summed E-state index contributed by atoms with van der Waals surface area (Å²) in [6, 6.07) is 6.75. The van der Waals surface area contributed by atoms with Gasteiger partial charge in [-0.3, -0.25) is 0 Å². The number of hydrogen-bond acceptors (Lipinski definition) is 1. The topological polar surface area (TPSA) is 12.0 Å². The zero-order valence-electron chi connectivity index (χ0n) is 9.22. The molecule has 0 saturated heterocycles. The average molecular weight is 224 g/mol. The number of hydrogen-bond donors (Lipinski definition) is 1. The minimum absolute atomic E-state index is 0.474. The monoisotopic (exact) mass is 223 g/mol. The molecule has 1 N–H and O–H groups in total. The quantitative estimate of drug-likeness (QED) is 0.824. The number of aryl methyl sites for hydroxylation is 1. The maximum atomic E-state index is 6.28. The van der Waals surface area contributed by atoms with Crippen LogP contribution in [0.2, 0.25) is 5.02 Å². The second kappa shape index (κ2) is 5.00. The van der Waals surface area contributed by atoms with Gasteiger partial charge in [0.1, 0.15) is 0 Å². The molecule has 0 saturated carbocycles. The number of halogens is 1. The van der Waals surface area contributed by atoms with Crippen molar-refractivity contribution in [3.63, 3.8) is 0 Å². The fraction of sp³-hybridized carbons (Fsp3) is 0.538. The number of fused-ring (bicyclic) bond motifs is 1. The van der Waals surface area contributed by atoms with Crippen LogP contribution in [0.15, 0.2) is 18.2 Å². The van der Waals surface area contributed by atoms with E-state index in [0.29, 0.717) is 6.04 Å². The Morgan fingerprint density at radius 2 is 2.33 bits per heavy atom. The zero-order valence-corrected chi connectivity index (χ0v) is 9.98. The first-order chi connectivity index (χ1) is 7.33. The van der Waals surface area contributed by atoms with Gasteiger partial charge in [0, 0.05) is 11.1 Å². The van der Waals surface area contributed by atoms with Crippen molar-refractivity contribution in [2.24, 2.45) is 0 Å². The highest BCUT2D eigenvalue weighted by Gasteiger charge is 2.21. The Balaban J connectivity index is 2.24. The number of benzene rings is 1. The highest BCUT2D eigenvalue weighted by molar-refractivity contribution is 6.31. The molecular weight excluding hydrogens is 206 g/mol. The van der Waals surface area contributed by atoms with Crippen molar-refractivity contribution >= 4 is 11.6 Å². The third-order valence-electron chi connectivity index (χ3n) is 3.07. The third kappa shape index (κ3) is 2.35. The maximum Gasteiger partial charge on any atom is 0.0456 e. The van der Waals surface area contributed by atoms with Gasteiger partial charge in [0.25, 0.3) is 0 Å². The van der Waals surface area contributed by atoms with Crippen LogP contribution in [0.25, 0.3) is 0 Å². The van der Waals surface area contributed by atoms with Crippen molar-refractivity contribution in [2.75, 3.05) is 6.54 Å². The molecule has 0 spiro atoms. The Labute approximate surface area is 96.8 Å². The van der Waals surface area contributed by atoms with Crippen molar-refractivity contribution in [3.8, 4) is 0 Å². The van der Waals surface area contributed by atoms with Crippen molar-refractivity contribution in [2.45, 2.75) is 38.6 Å². The van der Waals surface area contributed by atoms with Crippen molar-refractivity contribution < 1.29 is 0 Å². The first-order valence-electron chi connectivity index (χ1n) is 5.83. The van der Waals surface area contributed by atoms with Gasteiger partial charge < -0.3 is 5.32 Å². The van der Waals surface area contributed by atoms with Gasteiger partial charge in [-0.1, -0.05) is 30.7 Å². The molecule has 0 heterocycles. The second-order valence-corrected chi connectivity index (χ2v) is 4.62. The van der Waals surface area contributed by atoms with E-state index in [4.69, 9.17) is 11.6 Å². The molecule has 0 bridgehead atoms. The van der Waals surface area contributed by atoms with E-state index in [-0.39, 0.29) is 0 Å². The van der Waals surface area contributed by atoms with E-state index >= 15 is 0 Å². The van der Waals surface area contributed by atoms with Crippen LogP contribution in [0.1, 0.15) is 43.4 Å². The van der Waals surface area contributed by atoms with E-state index in [2.05, 4.69) is 24.4 Å². The zero-order chi connectivity index (χ0) is 10.7. The third-order valence-corrected chi connectivity index (χ3v) is 3.40. The molecule has 0 fully saturated rings. The lowest BCUT2D eigenvalue weighted by atomic mass is 9.87. The van der Waals surface area contributed by atoms with Gasteiger partial charge in [0.2, 0.25) is 0 Å². The van der Waals surface area contributed by atoms with Crippen LogP contribution in [-0.4, -0.2) is 6.54 Å². The summed E-state index contributed by atoms with van der Waals surface area (Å²) >= 11 is 6.28. The Bertz CT molecular complexity index is 335. The maximum absolute atomic E-state index is 6.28. The molecule has 82 valence electrons. The summed E-state index contributed by atoms with van der Waals surface area (Å²) in [7, 11) is 0. The lowest BCUT2D eigenvalue weighted by Crippen LogP contribution is -2.26. The van der Waals surface area contributed by atoms with Gasteiger partial charge in [-0.15, -0.1) is 0 Å². The summed E-state index contributed by atoms with van der Waals surface area (Å²) in [4.78, 5) is 0. The molecule has 0 radical (unpaired) electrons. The SMILES string of the molecule is CCCNC1CCCc2cccc(Cl)c21. The highest BCUT2D eigenvalue weighted by atomic mass is 35.5. The molecule has 1 unspecified atom stereocenters. The van der Waals surface area contributed by atoms with Crippen LogP contribution in [0.3, 0.4) is 0 Å². The average Bonchev–Trinajstić information content (AvgIpc) is 2.26. The van der Waals surface area contributed by atoms with E-state index in [0.717, 1.165) is 11.6 Å². The summed E-state index contributed by atoms with van der Waals surface area (Å²) in [5, 5.41) is 4.52. The van der Waals surface area contributed by atoms with Crippen LogP contribution < -0.4 is 5.32 Å². The largest absolute Gasteiger partial charge is 0.310 e. The van der Waals surface area contributed by atoms with Gasteiger partial charge in [-0.2, -0.15) is 0 Å². The molecule has 1 nitrogen and oxygen atoms in total. The molecule has 0 aromatic heterocycles. The Hall–Kier alpha value is -0.530. The normalized spacial score (nSPS) is 20.0. The van der Waals surface area contributed by atoms with Gasteiger partial charge in [-0.25, -0.2) is 0 Å². The first kappa shape index (κ1) is 11.0. The summed E-state index contributed by atoms with van der Waals surface area (Å²) in [6.45, 7) is 3.28. The Morgan fingerprint density at radius 3 is 3.13 bits per heavy atom. The minimum Gasteiger partial charge on any atom is -0.310 e. The minimum atomic E-state index is 0.474. The molecule has 1 aromatic carbocycles. The summed E-state index contributed by atoms with van der Waals surface area (Å²) in [5.74, 6) is 0. The molecule has 0 aliphatic heterocycles. The van der Waals surface area contributed by atoms with E-state index < -0.39 is 0 Å². The molecular formula is C13H18ClN. The van der Waals surface area contributed by atoms with E-state index in [1.165, 1.54) is 36.8 Å². The van der Waals surface area contributed by atoms with Crippen molar-refractivity contribution in [1.82, 2.24) is 5.32 Å². The molecule has 0 amide bonds. The predicted octanol–water partition coefficient (Wildman–Crippen LogP) is 3.72. The summed E-state index contributed by atoms with van der Waals surface area (Å²) < 4.78 is 0. The summed E-state index contributed by atoms with van der Waals surface area (Å²) in [5.41, 5.74) is 2.78. The predicted molar refractivity (Wildman–Crippen MR) is 65.4 cm³/mol. The standard InChI is InChI=1S/C13H18ClN/c1-2-9-15-12-8-4-6-10-5-3-7-11(14)13(10)12/h3,5,7,12,15H,2,4,6,8-9H2,1H3. The Morgan fingerprint density at radius 1 is 1.47 bits per heavy atom. The lowest BCUT2D eigenvalue weighted by molar-refractivity contribution is 0.460. The molecule has 1 aliphatic carbocycles. The molecule has 2 rings (SSSR count).